The third kappa shape index (κ3) is 6.17. The number of rotatable bonds is 8. The average Bonchev–Trinajstić information content (AvgIpc) is 2.79. The van der Waals surface area contributed by atoms with Gasteiger partial charge in [0.15, 0.2) is 0 Å². The number of carbonyl (C=O) groups excluding carboxylic acids is 2. The number of halogens is 1. The zero-order valence-electron chi connectivity index (χ0n) is 18.6. The molecule has 0 aromatic heterocycles. The fourth-order valence-electron chi connectivity index (χ4n) is 3.33. The maximum absolute atomic E-state index is 13.3. The summed E-state index contributed by atoms with van der Waals surface area (Å²) in [6, 6.07) is 22.1. The van der Waals surface area contributed by atoms with Gasteiger partial charge in [0.2, 0.25) is 11.8 Å². The van der Waals surface area contributed by atoms with Gasteiger partial charge >= 0.3 is 0 Å². The summed E-state index contributed by atoms with van der Waals surface area (Å²) >= 11 is 0. The van der Waals surface area contributed by atoms with Crippen LogP contribution in [0.4, 0.5) is 15.8 Å². The Morgan fingerprint density at radius 3 is 2.09 bits per heavy atom. The molecular formula is C26H28FN3O2. The normalized spacial score (nSPS) is 11.5. The predicted octanol–water partition coefficient (Wildman–Crippen LogP) is 4.49. The molecule has 3 rings (SSSR count). The zero-order valence-corrected chi connectivity index (χ0v) is 18.6. The van der Waals surface area contributed by atoms with Crippen LogP contribution in [-0.4, -0.2) is 36.9 Å². The Kier molecular flexibility index (Phi) is 7.60. The molecule has 0 saturated carbocycles. The van der Waals surface area contributed by atoms with E-state index in [-0.39, 0.29) is 30.6 Å². The molecule has 2 amide bonds. The molecule has 1 N–H and O–H groups in total. The van der Waals surface area contributed by atoms with Gasteiger partial charge in [0.05, 0.1) is 6.42 Å². The maximum atomic E-state index is 13.3. The van der Waals surface area contributed by atoms with Crippen molar-refractivity contribution in [1.82, 2.24) is 4.90 Å². The molecule has 0 radical (unpaired) electrons. The maximum Gasteiger partial charge on any atom is 0.246 e. The third-order valence-corrected chi connectivity index (χ3v) is 5.28. The van der Waals surface area contributed by atoms with E-state index in [2.05, 4.69) is 5.32 Å². The van der Waals surface area contributed by atoms with E-state index in [1.807, 2.05) is 73.6 Å². The summed E-state index contributed by atoms with van der Waals surface area (Å²) < 4.78 is 13.3. The Labute approximate surface area is 188 Å². The summed E-state index contributed by atoms with van der Waals surface area (Å²) in [6.45, 7) is 1.91. The van der Waals surface area contributed by atoms with Crippen LogP contribution >= 0.6 is 0 Å². The lowest BCUT2D eigenvalue weighted by Gasteiger charge is -2.29. The van der Waals surface area contributed by atoms with Gasteiger partial charge in [-0.3, -0.25) is 9.59 Å². The van der Waals surface area contributed by atoms with Crippen LogP contribution < -0.4 is 10.2 Å². The SMILES string of the molecule is CC(C(=O)Nc1ccc(N(C)C)cc1)N(Cc1ccc(F)cc1)C(=O)Cc1ccccc1. The number of nitrogens with zero attached hydrogens (tertiary/aromatic N) is 2. The number of benzene rings is 3. The van der Waals surface area contributed by atoms with E-state index in [0.29, 0.717) is 5.69 Å². The van der Waals surface area contributed by atoms with Gasteiger partial charge in [0.25, 0.3) is 0 Å². The van der Waals surface area contributed by atoms with Crippen molar-refractivity contribution in [1.29, 1.82) is 0 Å². The number of carbonyl (C=O) groups is 2. The van der Waals surface area contributed by atoms with Gasteiger partial charge in [0.1, 0.15) is 11.9 Å². The molecule has 0 aliphatic carbocycles. The predicted molar refractivity (Wildman–Crippen MR) is 126 cm³/mol. The molecule has 5 nitrogen and oxygen atoms in total. The molecule has 1 atom stereocenters. The van der Waals surface area contributed by atoms with Gasteiger partial charge in [-0.1, -0.05) is 42.5 Å². The first-order chi connectivity index (χ1) is 15.3. The Morgan fingerprint density at radius 2 is 1.50 bits per heavy atom. The van der Waals surface area contributed by atoms with Gasteiger partial charge < -0.3 is 15.1 Å². The largest absolute Gasteiger partial charge is 0.378 e. The lowest BCUT2D eigenvalue weighted by Crippen LogP contribution is -2.45. The lowest BCUT2D eigenvalue weighted by atomic mass is 10.1. The highest BCUT2D eigenvalue weighted by Crippen LogP contribution is 2.18. The molecule has 1 unspecified atom stereocenters. The zero-order chi connectivity index (χ0) is 23.1. The van der Waals surface area contributed by atoms with Gasteiger partial charge in [-0.15, -0.1) is 0 Å². The average molecular weight is 434 g/mol. The topological polar surface area (TPSA) is 52.7 Å². The second kappa shape index (κ2) is 10.6. The molecule has 0 spiro atoms. The molecular weight excluding hydrogens is 405 g/mol. The molecule has 32 heavy (non-hydrogen) atoms. The summed E-state index contributed by atoms with van der Waals surface area (Å²) in [7, 11) is 3.89. The minimum absolute atomic E-state index is 0.175. The second-order valence-electron chi connectivity index (χ2n) is 7.92. The fraction of sp³-hybridized carbons (Fsp3) is 0.231. The monoisotopic (exact) mass is 433 g/mol. The van der Waals surface area contributed by atoms with Crippen LogP contribution in [-0.2, 0) is 22.6 Å². The third-order valence-electron chi connectivity index (χ3n) is 5.28. The van der Waals surface area contributed by atoms with Crippen LogP contribution in [0.1, 0.15) is 18.1 Å². The molecule has 6 heteroatoms. The minimum Gasteiger partial charge on any atom is -0.378 e. The molecule has 0 fully saturated rings. The summed E-state index contributed by atoms with van der Waals surface area (Å²) in [5.41, 5.74) is 3.30. The first kappa shape index (κ1) is 23.0. The van der Waals surface area contributed by atoms with E-state index in [9.17, 15) is 14.0 Å². The second-order valence-corrected chi connectivity index (χ2v) is 7.92. The highest BCUT2D eigenvalue weighted by molar-refractivity contribution is 5.97. The van der Waals surface area contributed by atoms with Crippen molar-refractivity contribution in [2.45, 2.75) is 25.9 Å². The Balaban J connectivity index is 1.77. The Bertz CT molecular complexity index is 1030. The van der Waals surface area contributed by atoms with Crippen LogP contribution in [0.2, 0.25) is 0 Å². The summed E-state index contributed by atoms with van der Waals surface area (Å²) in [6.07, 6.45) is 0.178. The van der Waals surface area contributed by atoms with E-state index in [1.54, 1.807) is 19.1 Å². The van der Waals surface area contributed by atoms with Crippen molar-refractivity contribution in [3.05, 3.63) is 95.8 Å². The molecule has 0 aliphatic heterocycles. The lowest BCUT2D eigenvalue weighted by molar-refractivity contribution is -0.138. The fourth-order valence-corrected chi connectivity index (χ4v) is 3.33. The first-order valence-electron chi connectivity index (χ1n) is 10.5. The molecule has 166 valence electrons. The highest BCUT2D eigenvalue weighted by atomic mass is 19.1. The van der Waals surface area contributed by atoms with Crippen LogP contribution in [0.3, 0.4) is 0 Å². The van der Waals surface area contributed by atoms with Gasteiger partial charge in [-0.05, 0) is 54.4 Å². The Morgan fingerprint density at radius 1 is 0.875 bits per heavy atom. The van der Waals surface area contributed by atoms with E-state index in [1.165, 1.54) is 17.0 Å². The molecule has 3 aromatic rings. The van der Waals surface area contributed by atoms with Crippen LogP contribution in [0.15, 0.2) is 78.9 Å². The van der Waals surface area contributed by atoms with E-state index in [4.69, 9.17) is 0 Å². The van der Waals surface area contributed by atoms with Crippen molar-refractivity contribution in [2.24, 2.45) is 0 Å². The summed E-state index contributed by atoms with van der Waals surface area (Å²) in [5.74, 6) is -0.805. The number of hydrogen-bond donors (Lipinski definition) is 1. The van der Waals surface area contributed by atoms with Crippen molar-refractivity contribution in [2.75, 3.05) is 24.3 Å². The molecule has 0 bridgehead atoms. The minimum atomic E-state index is -0.718. The molecule has 0 saturated heterocycles. The summed E-state index contributed by atoms with van der Waals surface area (Å²) in [5, 5.41) is 2.89. The number of amides is 2. The quantitative estimate of drug-likeness (QED) is 0.570. The number of hydrogen-bond acceptors (Lipinski definition) is 3. The summed E-state index contributed by atoms with van der Waals surface area (Å²) in [4.78, 5) is 29.7. The standard InChI is InChI=1S/C26H28FN3O2/c1-19(26(32)28-23-13-15-24(16-14-23)29(2)3)30(18-21-9-11-22(27)12-10-21)25(31)17-20-7-5-4-6-8-20/h4-16,19H,17-18H2,1-3H3,(H,28,32). The van der Waals surface area contributed by atoms with E-state index in [0.717, 1.165) is 16.8 Å². The first-order valence-corrected chi connectivity index (χ1v) is 10.5. The van der Waals surface area contributed by atoms with E-state index >= 15 is 0 Å². The van der Waals surface area contributed by atoms with Crippen LogP contribution in [0.25, 0.3) is 0 Å². The van der Waals surface area contributed by atoms with Crippen LogP contribution in [0.5, 0.6) is 0 Å². The highest BCUT2D eigenvalue weighted by Gasteiger charge is 2.26. The van der Waals surface area contributed by atoms with Gasteiger partial charge in [-0.2, -0.15) is 0 Å². The van der Waals surface area contributed by atoms with Crippen LogP contribution in [0, 0.1) is 5.82 Å². The van der Waals surface area contributed by atoms with Crippen molar-refractivity contribution >= 4 is 23.2 Å². The van der Waals surface area contributed by atoms with E-state index < -0.39 is 6.04 Å². The Hall–Kier alpha value is -3.67. The van der Waals surface area contributed by atoms with Crippen molar-refractivity contribution < 1.29 is 14.0 Å². The molecule has 0 heterocycles. The molecule has 0 aliphatic rings. The number of nitrogens with one attached hydrogen (secondary N) is 1. The van der Waals surface area contributed by atoms with Crippen molar-refractivity contribution in [3.63, 3.8) is 0 Å². The molecule has 3 aromatic carbocycles. The number of anilines is 2. The van der Waals surface area contributed by atoms with Crippen molar-refractivity contribution in [3.8, 4) is 0 Å². The smallest absolute Gasteiger partial charge is 0.246 e. The van der Waals surface area contributed by atoms with Gasteiger partial charge in [0, 0.05) is 32.0 Å². The van der Waals surface area contributed by atoms with Gasteiger partial charge in [-0.25, -0.2) is 4.39 Å².